The van der Waals surface area contributed by atoms with Crippen LogP contribution in [0.3, 0.4) is 0 Å². The molecule has 59 heavy (non-hydrogen) atoms. The smallest absolute Gasteiger partial charge is 0.306 e. The minimum Gasteiger partial charge on any atom is -0.462 e. The molecule has 15 heteroatoms. The van der Waals surface area contributed by atoms with Crippen molar-refractivity contribution in [2.75, 3.05) is 26.4 Å². The molecule has 0 aliphatic carbocycles. The molecule has 2 saturated heterocycles. The zero-order valence-electron chi connectivity index (χ0n) is 35.5. The summed E-state index contributed by atoms with van der Waals surface area (Å²) >= 11 is 0. The fourth-order valence-corrected chi connectivity index (χ4v) is 6.74. The fraction of sp³-hybridized carbons (Fsp3) is 0.818. The van der Waals surface area contributed by atoms with Gasteiger partial charge in [0.25, 0.3) is 0 Å². The Hall–Kier alpha value is -2.28. The number of allylic oxidation sites excluding steroid dienone is 6. The third-order valence-electron chi connectivity index (χ3n) is 10.4. The molecule has 2 aliphatic heterocycles. The molecular weight excluding hydrogens is 768 g/mol. The predicted molar refractivity (Wildman–Crippen MR) is 220 cm³/mol. The number of carbonyl (C=O) groups excluding carboxylic acids is 2. The van der Waals surface area contributed by atoms with Crippen molar-refractivity contribution < 1.29 is 73.8 Å². The minimum absolute atomic E-state index is 0.143. The number of aliphatic hydroxyl groups is 7. The van der Waals surface area contributed by atoms with Gasteiger partial charge in [-0.05, 0) is 32.1 Å². The normalized spacial score (nSPS) is 28.2. The van der Waals surface area contributed by atoms with Crippen LogP contribution in [0, 0.1) is 0 Å². The second-order valence-corrected chi connectivity index (χ2v) is 15.6. The molecule has 15 nitrogen and oxygen atoms in total. The largest absolute Gasteiger partial charge is 0.462 e. The molecule has 0 aromatic carbocycles. The Morgan fingerprint density at radius 3 is 1.66 bits per heavy atom. The van der Waals surface area contributed by atoms with Gasteiger partial charge in [0, 0.05) is 12.8 Å². The Bertz CT molecular complexity index is 1180. The van der Waals surface area contributed by atoms with Crippen molar-refractivity contribution in [3.05, 3.63) is 36.5 Å². The summed E-state index contributed by atoms with van der Waals surface area (Å²) in [5.41, 5.74) is 0. The van der Waals surface area contributed by atoms with Gasteiger partial charge in [0.1, 0.15) is 55.4 Å². The molecule has 2 aliphatic rings. The van der Waals surface area contributed by atoms with Crippen molar-refractivity contribution >= 4 is 11.9 Å². The summed E-state index contributed by atoms with van der Waals surface area (Å²) in [5, 5.41) is 71.7. The monoisotopic (exact) mass is 845 g/mol. The van der Waals surface area contributed by atoms with Gasteiger partial charge in [-0.25, -0.2) is 0 Å². The van der Waals surface area contributed by atoms with Gasteiger partial charge in [-0.1, -0.05) is 127 Å². The molecule has 0 bridgehead atoms. The minimum atomic E-state index is -1.77. The van der Waals surface area contributed by atoms with Gasteiger partial charge < -0.3 is 64.2 Å². The second kappa shape index (κ2) is 32.4. The summed E-state index contributed by atoms with van der Waals surface area (Å²) < 4.78 is 33.4. The SMILES string of the molecule is CC/C=C/C=C/C=C/CCCCCCCC(=O)OC(COC(=O)CCCCCCCCCCCC)CO[C@@H]1O[C@H](CO[C@@H]2O[C@H](CO)[C@H](O)C(O)C2O)[C@H](O)C(O)C1O. The maximum atomic E-state index is 12.9. The lowest BCUT2D eigenvalue weighted by Crippen LogP contribution is -2.61. The van der Waals surface area contributed by atoms with Gasteiger partial charge >= 0.3 is 11.9 Å². The number of unbranched alkanes of at least 4 members (excludes halogenated alkanes) is 14. The van der Waals surface area contributed by atoms with E-state index in [9.17, 15) is 45.3 Å². The molecule has 2 rings (SSSR count). The fourth-order valence-electron chi connectivity index (χ4n) is 6.74. The Balaban J connectivity index is 1.88. The number of aliphatic hydroxyl groups excluding tert-OH is 7. The van der Waals surface area contributed by atoms with Crippen LogP contribution in [0.25, 0.3) is 0 Å². The predicted octanol–water partition coefficient (Wildman–Crippen LogP) is 4.20. The van der Waals surface area contributed by atoms with Crippen LogP contribution in [0.5, 0.6) is 0 Å². The summed E-state index contributed by atoms with van der Waals surface area (Å²) in [6.45, 7) is 2.38. The molecule has 0 amide bonds. The van der Waals surface area contributed by atoms with Gasteiger partial charge in [-0.3, -0.25) is 9.59 Å². The van der Waals surface area contributed by atoms with Crippen molar-refractivity contribution in [1.29, 1.82) is 0 Å². The lowest BCUT2D eigenvalue weighted by atomic mass is 9.98. The zero-order chi connectivity index (χ0) is 43.3. The van der Waals surface area contributed by atoms with Crippen molar-refractivity contribution in [3.63, 3.8) is 0 Å². The van der Waals surface area contributed by atoms with Crippen molar-refractivity contribution in [1.82, 2.24) is 0 Å². The summed E-state index contributed by atoms with van der Waals surface area (Å²) in [6.07, 6.45) is 13.4. The summed E-state index contributed by atoms with van der Waals surface area (Å²) in [7, 11) is 0. The topological polar surface area (TPSA) is 231 Å². The summed E-state index contributed by atoms with van der Waals surface area (Å²) in [4.78, 5) is 25.5. The molecule has 2 fully saturated rings. The van der Waals surface area contributed by atoms with Crippen molar-refractivity contribution in [3.8, 4) is 0 Å². The first-order valence-electron chi connectivity index (χ1n) is 22.1. The van der Waals surface area contributed by atoms with Gasteiger partial charge in [0.15, 0.2) is 18.7 Å². The van der Waals surface area contributed by atoms with Gasteiger partial charge in [0.05, 0.1) is 19.8 Å². The molecule has 2 heterocycles. The molecule has 11 atom stereocenters. The summed E-state index contributed by atoms with van der Waals surface area (Å²) in [6, 6.07) is 0. The number of hydrogen-bond donors (Lipinski definition) is 7. The van der Waals surface area contributed by atoms with Crippen LogP contribution in [0.2, 0.25) is 0 Å². The average Bonchev–Trinajstić information content (AvgIpc) is 3.23. The molecule has 0 spiro atoms. The zero-order valence-corrected chi connectivity index (χ0v) is 35.5. The van der Waals surface area contributed by atoms with E-state index in [1.807, 2.05) is 24.3 Å². The van der Waals surface area contributed by atoms with Crippen LogP contribution in [0.15, 0.2) is 36.5 Å². The first kappa shape index (κ1) is 52.9. The number of ether oxygens (including phenoxy) is 6. The van der Waals surface area contributed by atoms with Crippen LogP contribution < -0.4 is 0 Å². The molecule has 0 radical (unpaired) electrons. The third kappa shape index (κ3) is 21.9. The quantitative estimate of drug-likeness (QED) is 0.0286. The van der Waals surface area contributed by atoms with Crippen LogP contribution >= 0.6 is 0 Å². The molecular formula is C44H76O15. The third-order valence-corrected chi connectivity index (χ3v) is 10.4. The van der Waals surface area contributed by atoms with E-state index < -0.39 is 92.7 Å². The second-order valence-electron chi connectivity index (χ2n) is 15.6. The molecule has 0 saturated carbocycles. The first-order valence-corrected chi connectivity index (χ1v) is 22.1. The van der Waals surface area contributed by atoms with E-state index in [4.69, 9.17) is 28.4 Å². The van der Waals surface area contributed by atoms with E-state index in [0.29, 0.717) is 12.8 Å². The first-order chi connectivity index (χ1) is 28.5. The Morgan fingerprint density at radius 1 is 0.559 bits per heavy atom. The molecule has 5 unspecified atom stereocenters. The highest BCUT2D eigenvalue weighted by atomic mass is 16.7. The molecule has 7 N–H and O–H groups in total. The van der Waals surface area contributed by atoms with E-state index in [2.05, 4.69) is 26.0 Å². The van der Waals surface area contributed by atoms with E-state index in [1.54, 1.807) is 0 Å². The van der Waals surface area contributed by atoms with Crippen LogP contribution in [-0.2, 0) is 38.0 Å². The highest BCUT2D eigenvalue weighted by Gasteiger charge is 2.47. The number of carbonyl (C=O) groups is 2. The Labute approximate surface area is 351 Å². The van der Waals surface area contributed by atoms with Crippen molar-refractivity contribution in [2.24, 2.45) is 0 Å². The summed E-state index contributed by atoms with van der Waals surface area (Å²) in [5.74, 6) is -0.953. The van der Waals surface area contributed by atoms with Gasteiger partial charge in [-0.2, -0.15) is 0 Å². The number of hydrogen-bond acceptors (Lipinski definition) is 15. The average molecular weight is 845 g/mol. The molecule has 342 valence electrons. The number of rotatable bonds is 32. The van der Waals surface area contributed by atoms with E-state index in [-0.39, 0.29) is 26.1 Å². The van der Waals surface area contributed by atoms with Crippen LogP contribution in [0.1, 0.15) is 136 Å². The van der Waals surface area contributed by atoms with E-state index >= 15 is 0 Å². The number of esters is 2. The maximum absolute atomic E-state index is 12.9. The lowest BCUT2D eigenvalue weighted by molar-refractivity contribution is -0.332. The Kier molecular flexibility index (Phi) is 29.1. The van der Waals surface area contributed by atoms with Crippen molar-refractivity contribution in [2.45, 2.75) is 203 Å². The molecule has 0 aromatic heterocycles. The van der Waals surface area contributed by atoms with E-state index in [1.165, 1.54) is 38.5 Å². The lowest BCUT2D eigenvalue weighted by Gasteiger charge is -2.42. The highest BCUT2D eigenvalue weighted by molar-refractivity contribution is 5.70. The van der Waals surface area contributed by atoms with Gasteiger partial charge in [0.2, 0.25) is 0 Å². The standard InChI is InChI=1S/C44H76O15/c1-3-5-7-9-11-13-15-16-17-19-21-23-25-27-36(47)57-32(29-54-35(46)26-24-22-20-18-14-12-10-8-6-4-2)30-55-43-42(53)40(51)38(49)34(59-43)31-56-44-41(52)39(50)37(48)33(28-45)58-44/h5,7,9,11,13,15,32-34,37-45,48-53H,3-4,6,8,10,12,14,16-31H2,1-2H3/b7-5+,11-9+,15-13+/t32?,33-,34-,37+,38+,39?,40?,41?,42?,43-,44-/m1/s1. The highest BCUT2D eigenvalue weighted by Crippen LogP contribution is 2.26. The van der Waals surface area contributed by atoms with Gasteiger partial charge in [-0.15, -0.1) is 0 Å². The van der Waals surface area contributed by atoms with E-state index in [0.717, 1.165) is 57.8 Å². The molecule has 0 aromatic rings. The maximum Gasteiger partial charge on any atom is 0.306 e. The Morgan fingerprint density at radius 2 is 1.07 bits per heavy atom. The van der Waals surface area contributed by atoms with Crippen LogP contribution in [-0.4, -0.2) is 142 Å². The van der Waals surface area contributed by atoms with Crippen LogP contribution in [0.4, 0.5) is 0 Å².